The number of thioether (sulfide) groups is 1. The number of rotatable bonds is 7. The Balaban J connectivity index is 2.05. The maximum absolute atomic E-state index is 12.5. The molecule has 2 aromatic rings. The van der Waals surface area contributed by atoms with Crippen LogP contribution in [0.5, 0.6) is 11.5 Å². The highest BCUT2D eigenvalue weighted by Crippen LogP contribution is 2.30. The topological polar surface area (TPSA) is 47.6 Å². The number of benzene rings is 2. The van der Waals surface area contributed by atoms with Crippen LogP contribution in [0.25, 0.3) is 0 Å². The first-order valence-electron chi connectivity index (χ1n) is 7.79. The van der Waals surface area contributed by atoms with E-state index in [4.69, 9.17) is 9.47 Å². The van der Waals surface area contributed by atoms with Crippen LogP contribution in [0.3, 0.4) is 0 Å². The second-order valence-electron chi connectivity index (χ2n) is 5.41. The molecule has 0 aliphatic heterocycles. The summed E-state index contributed by atoms with van der Waals surface area (Å²) in [6.07, 6.45) is 0. The molecule has 4 nitrogen and oxygen atoms in total. The van der Waals surface area contributed by atoms with Gasteiger partial charge in [0.25, 0.3) is 0 Å². The minimum absolute atomic E-state index is 0.0128. The van der Waals surface area contributed by atoms with Crippen molar-refractivity contribution in [3.05, 3.63) is 54.1 Å². The van der Waals surface area contributed by atoms with Gasteiger partial charge in [-0.05, 0) is 44.2 Å². The van der Waals surface area contributed by atoms with Crippen LogP contribution in [-0.4, -0.2) is 25.4 Å². The first-order valence-corrected chi connectivity index (χ1v) is 8.67. The summed E-state index contributed by atoms with van der Waals surface area (Å²) in [6, 6.07) is 15.3. The molecule has 0 aliphatic rings. The van der Waals surface area contributed by atoms with E-state index in [-0.39, 0.29) is 17.2 Å². The lowest BCUT2D eigenvalue weighted by Crippen LogP contribution is -2.33. The second kappa shape index (κ2) is 8.64. The molecule has 0 bridgehead atoms. The minimum atomic E-state index is -0.188. The Kier molecular flexibility index (Phi) is 6.55. The van der Waals surface area contributed by atoms with E-state index in [2.05, 4.69) is 5.32 Å². The molecular formula is C19H23NO3S. The Morgan fingerprint density at radius 3 is 2.38 bits per heavy atom. The van der Waals surface area contributed by atoms with Crippen molar-refractivity contribution in [1.82, 2.24) is 5.32 Å². The summed E-state index contributed by atoms with van der Waals surface area (Å²) in [5, 5.41) is 2.86. The van der Waals surface area contributed by atoms with Gasteiger partial charge in [0.1, 0.15) is 11.5 Å². The van der Waals surface area contributed by atoms with Crippen molar-refractivity contribution in [2.75, 3.05) is 14.2 Å². The van der Waals surface area contributed by atoms with E-state index in [0.29, 0.717) is 0 Å². The van der Waals surface area contributed by atoms with E-state index in [0.717, 1.165) is 22.0 Å². The lowest BCUT2D eigenvalue weighted by Gasteiger charge is -2.20. The number of carbonyl (C=O) groups is 1. The van der Waals surface area contributed by atoms with Crippen LogP contribution in [0.2, 0.25) is 0 Å². The summed E-state index contributed by atoms with van der Waals surface area (Å²) in [7, 11) is 3.24. The molecule has 0 radical (unpaired) electrons. The summed E-state index contributed by atoms with van der Waals surface area (Å²) in [6.45, 7) is 3.84. The monoisotopic (exact) mass is 345 g/mol. The third-order valence-corrected chi connectivity index (χ3v) is 4.80. The van der Waals surface area contributed by atoms with Crippen molar-refractivity contribution in [2.45, 2.75) is 30.0 Å². The highest BCUT2D eigenvalue weighted by atomic mass is 32.2. The summed E-state index contributed by atoms with van der Waals surface area (Å²) in [5.41, 5.74) is 0.891. The standard InChI is InChI=1S/C19H23NO3S/c1-13(17-12-15(22-3)10-11-18(17)23-4)20-19(21)14(2)24-16-8-6-5-7-9-16/h5-14H,1-4H3,(H,20,21)/t13-,14+/m0/s1. The molecule has 0 heterocycles. The fraction of sp³-hybridized carbons (Fsp3) is 0.316. The van der Waals surface area contributed by atoms with Crippen molar-refractivity contribution in [3.8, 4) is 11.5 Å². The van der Waals surface area contributed by atoms with Gasteiger partial charge in [0.15, 0.2) is 0 Å². The third kappa shape index (κ3) is 4.68. The van der Waals surface area contributed by atoms with Gasteiger partial charge in [-0.25, -0.2) is 0 Å². The van der Waals surface area contributed by atoms with Crippen LogP contribution < -0.4 is 14.8 Å². The van der Waals surface area contributed by atoms with E-state index >= 15 is 0 Å². The molecule has 0 saturated heterocycles. The molecular weight excluding hydrogens is 322 g/mol. The molecule has 1 N–H and O–H groups in total. The first kappa shape index (κ1) is 18.2. The number of hydrogen-bond donors (Lipinski definition) is 1. The van der Waals surface area contributed by atoms with E-state index in [9.17, 15) is 4.79 Å². The Labute approximate surface area is 147 Å². The molecule has 1 amide bonds. The van der Waals surface area contributed by atoms with Gasteiger partial charge in [0.2, 0.25) is 5.91 Å². The van der Waals surface area contributed by atoms with Gasteiger partial charge < -0.3 is 14.8 Å². The summed E-state index contributed by atoms with van der Waals surface area (Å²) >= 11 is 1.54. The highest BCUT2D eigenvalue weighted by molar-refractivity contribution is 8.00. The molecule has 2 rings (SSSR count). The van der Waals surface area contributed by atoms with Crippen LogP contribution in [0, 0.1) is 0 Å². The fourth-order valence-electron chi connectivity index (χ4n) is 2.34. The lowest BCUT2D eigenvalue weighted by molar-refractivity contribution is -0.120. The van der Waals surface area contributed by atoms with Crippen molar-refractivity contribution in [1.29, 1.82) is 0 Å². The zero-order chi connectivity index (χ0) is 17.5. The maximum Gasteiger partial charge on any atom is 0.233 e. The molecule has 0 spiro atoms. The van der Waals surface area contributed by atoms with Crippen LogP contribution in [0.15, 0.2) is 53.4 Å². The van der Waals surface area contributed by atoms with Crippen LogP contribution >= 0.6 is 11.8 Å². The van der Waals surface area contributed by atoms with E-state index < -0.39 is 0 Å². The third-order valence-electron chi connectivity index (χ3n) is 3.69. The Morgan fingerprint density at radius 1 is 1.04 bits per heavy atom. The molecule has 0 saturated carbocycles. The second-order valence-corrected chi connectivity index (χ2v) is 6.83. The first-order chi connectivity index (χ1) is 11.5. The van der Waals surface area contributed by atoms with Crippen LogP contribution in [-0.2, 0) is 4.79 Å². The van der Waals surface area contributed by atoms with Gasteiger partial charge in [0.05, 0.1) is 25.5 Å². The number of hydrogen-bond acceptors (Lipinski definition) is 4. The minimum Gasteiger partial charge on any atom is -0.497 e. The van der Waals surface area contributed by atoms with Crippen molar-refractivity contribution in [2.24, 2.45) is 0 Å². The van der Waals surface area contributed by atoms with Gasteiger partial charge in [0, 0.05) is 10.5 Å². The van der Waals surface area contributed by atoms with Crippen LogP contribution in [0.1, 0.15) is 25.5 Å². The summed E-state index contributed by atoms with van der Waals surface area (Å²) < 4.78 is 10.7. The predicted octanol–water partition coefficient (Wildman–Crippen LogP) is 4.06. The summed E-state index contributed by atoms with van der Waals surface area (Å²) in [4.78, 5) is 13.6. The van der Waals surface area contributed by atoms with E-state index in [1.807, 2.05) is 62.4 Å². The molecule has 2 aromatic carbocycles. The zero-order valence-electron chi connectivity index (χ0n) is 14.4. The summed E-state index contributed by atoms with van der Waals surface area (Å²) in [5.74, 6) is 1.45. The van der Waals surface area contributed by atoms with Gasteiger partial charge >= 0.3 is 0 Å². The quantitative estimate of drug-likeness (QED) is 0.769. The van der Waals surface area contributed by atoms with Gasteiger partial charge in [-0.2, -0.15) is 0 Å². The molecule has 0 unspecified atom stereocenters. The molecule has 128 valence electrons. The lowest BCUT2D eigenvalue weighted by atomic mass is 10.1. The number of amides is 1. The molecule has 5 heteroatoms. The Bertz CT molecular complexity index is 676. The molecule has 2 atom stereocenters. The molecule has 0 fully saturated rings. The van der Waals surface area contributed by atoms with E-state index in [1.54, 1.807) is 14.2 Å². The van der Waals surface area contributed by atoms with E-state index in [1.165, 1.54) is 11.8 Å². The molecule has 0 aliphatic carbocycles. The average Bonchev–Trinajstić information content (AvgIpc) is 2.61. The van der Waals surface area contributed by atoms with Crippen molar-refractivity contribution >= 4 is 17.7 Å². The highest BCUT2D eigenvalue weighted by Gasteiger charge is 2.19. The van der Waals surface area contributed by atoms with Gasteiger partial charge in [-0.3, -0.25) is 4.79 Å². The number of methoxy groups -OCH3 is 2. The maximum atomic E-state index is 12.5. The smallest absolute Gasteiger partial charge is 0.233 e. The molecule has 0 aromatic heterocycles. The predicted molar refractivity (Wildman–Crippen MR) is 97.9 cm³/mol. The van der Waals surface area contributed by atoms with Crippen LogP contribution in [0.4, 0.5) is 0 Å². The molecule has 24 heavy (non-hydrogen) atoms. The Morgan fingerprint density at radius 2 is 1.75 bits per heavy atom. The number of carbonyl (C=O) groups excluding carboxylic acids is 1. The van der Waals surface area contributed by atoms with Crippen molar-refractivity contribution < 1.29 is 14.3 Å². The Hall–Kier alpha value is -2.14. The van der Waals surface area contributed by atoms with Crippen molar-refractivity contribution in [3.63, 3.8) is 0 Å². The largest absolute Gasteiger partial charge is 0.497 e. The number of ether oxygens (including phenoxy) is 2. The zero-order valence-corrected chi connectivity index (χ0v) is 15.2. The van der Waals surface area contributed by atoms with Gasteiger partial charge in [-0.1, -0.05) is 18.2 Å². The normalized spacial score (nSPS) is 13.0. The number of nitrogens with one attached hydrogen (secondary N) is 1. The fourth-order valence-corrected chi connectivity index (χ4v) is 3.24. The SMILES string of the molecule is COc1ccc(OC)c([C@H](C)NC(=O)[C@@H](C)Sc2ccccc2)c1. The van der Waals surface area contributed by atoms with Gasteiger partial charge in [-0.15, -0.1) is 11.8 Å². The average molecular weight is 345 g/mol.